The third kappa shape index (κ3) is 5.01. The molecule has 3 aromatic rings. The molecule has 8 nitrogen and oxygen atoms in total. The van der Waals surface area contributed by atoms with E-state index in [-0.39, 0.29) is 30.0 Å². The van der Waals surface area contributed by atoms with Crippen LogP contribution in [0.25, 0.3) is 10.8 Å². The number of nitro benzene ring substituents is 1. The fourth-order valence-electron chi connectivity index (χ4n) is 4.24. The number of hydrogen-bond acceptors (Lipinski definition) is 5. The van der Waals surface area contributed by atoms with Crippen molar-refractivity contribution in [3.05, 3.63) is 88.0 Å². The summed E-state index contributed by atoms with van der Waals surface area (Å²) in [5, 5.41) is 25.7. The fourth-order valence-corrected chi connectivity index (χ4v) is 4.24. The van der Waals surface area contributed by atoms with Gasteiger partial charge < -0.3 is 15.3 Å². The van der Waals surface area contributed by atoms with Gasteiger partial charge in [-0.3, -0.25) is 19.7 Å². The number of hydrogen-bond donors (Lipinski definition) is 2. The molecule has 2 atom stereocenters. The molecule has 0 radical (unpaired) electrons. The maximum atomic E-state index is 13.2. The zero-order chi connectivity index (χ0) is 23.4. The van der Waals surface area contributed by atoms with Gasteiger partial charge in [0.1, 0.15) is 0 Å². The van der Waals surface area contributed by atoms with E-state index in [0.29, 0.717) is 30.6 Å². The summed E-state index contributed by atoms with van der Waals surface area (Å²) in [5.74, 6) is -0.664. The number of carbonyl (C=O) groups excluding carboxylic acids is 2. The van der Waals surface area contributed by atoms with Crippen LogP contribution in [-0.4, -0.2) is 46.4 Å². The summed E-state index contributed by atoms with van der Waals surface area (Å²) in [6, 6.07) is 19.0. The van der Waals surface area contributed by atoms with Crippen molar-refractivity contribution >= 4 is 28.3 Å². The van der Waals surface area contributed by atoms with E-state index in [9.17, 15) is 24.8 Å². The first kappa shape index (κ1) is 22.4. The number of amides is 2. The lowest BCUT2D eigenvalue weighted by Crippen LogP contribution is -2.46. The van der Waals surface area contributed by atoms with Crippen molar-refractivity contribution in [2.45, 2.75) is 18.9 Å². The van der Waals surface area contributed by atoms with E-state index in [2.05, 4.69) is 5.32 Å². The summed E-state index contributed by atoms with van der Waals surface area (Å²) in [7, 11) is 0. The highest BCUT2D eigenvalue weighted by Crippen LogP contribution is 2.24. The molecule has 8 heteroatoms. The average molecular weight is 447 g/mol. The van der Waals surface area contributed by atoms with Crippen molar-refractivity contribution in [2.24, 2.45) is 5.92 Å². The van der Waals surface area contributed by atoms with Crippen molar-refractivity contribution in [2.75, 3.05) is 19.6 Å². The van der Waals surface area contributed by atoms with Crippen molar-refractivity contribution < 1.29 is 19.6 Å². The van der Waals surface area contributed by atoms with Crippen LogP contribution in [0.4, 0.5) is 5.69 Å². The van der Waals surface area contributed by atoms with Gasteiger partial charge in [0.15, 0.2) is 0 Å². The zero-order valence-electron chi connectivity index (χ0n) is 18.0. The number of benzene rings is 3. The molecular formula is C25H25N3O5. The fraction of sp³-hybridized carbons (Fsp3) is 0.280. The van der Waals surface area contributed by atoms with Crippen LogP contribution in [0.5, 0.6) is 0 Å². The smallest absolute Gasteiger partial charge is 0.269 e. The predicted octanol–water partition coefficient (Wildman–Crippen LogP) is 3.45. The molecule has 2 amide bonds. The number of nitro groups is 1. The van der Waals surface area contributed by atoms with E-state index >= 15 is 0 Å². The van der Waals surface area contributed by atoms with E-state index < -0.39 is 11.0 Å². The number of carbonyl (C=O) groups is 2. The Balaban J connectivity index is 1.37. The van der Waals surface area contributed by atoms with Gasteiger partial charge in [0.25, 0.3) is 11.6 Å². The van der Waals surface area contributed by atoms with E-state index in [0.717, 1.165) is 17.2 Å². The third-order valence-corrected chi connectivity index (χ3v) is 6.06. The second-order valence-corrected chi connectivity index (χ2v) is 8.23. The molecular weight excluding hydrogens is 422 g/mol. The van der Waals surface area contributed by atoms with Crippen LogP contribution in [-0.2, 0) is 4.79 Å². The van der Waals surface area contributed by atoms with Gasteiger partial charge in [0.05, 0.1) is 16.9 Å². The highest BCUT2D eigenvalue weighted by Gasteiger charge is 2.29. The maximum absolute atomic E-state index is 13.2. The molecule has 3 aromatic carbocycles. The predicted molar refractivity (Wildman–Crippen MR) is 124 cm³/mol. The Labute approximate surface area is 191 Å². The minimum absolute atomic E-state index is 0.00951. The Morgan fingerprint density at radius 1 is 1.09 bits per heavy atom. The minimum atomic E-state index is -0.980. The van der Waals surface area contributed by atoms with Crippen LogP contribution in [0.2, 0.25) is 0 Å². The maximum Gasteiger partial charge on any atom is 0.269 e. The molecule has 1 aliphatic heterocycles. The molecule has 0 saturated carbocycles. The number of fused-ring (bicyclic) bond motifs is 1. The molecule has 1 heterocycles. The summed E-state index contributed by atoms with van der Waals surface area (Å²) >= 11 is 0. The highest BCUT2D eigenvalue weighted by atomic mass is 16.6. The van der Waals surface area contributed by atoms with Gasteiger partial charge in [-0.05, 0) is 47.4 Å². The molecule has 0 bridgehead atoms. The van der Waals surface area contributed by atoms with Crippen molar-refractivity contribution in [1.29, 1.82) is 0 Å². The van der Waals surface area contributed by atoms with Gasteiger partial charge in [0, 0.05) is 37.3 Å². The van der Waals surface area contributed by atoms with Gasteiger partial charge in [-0.15, -0.1) is 0 Å². The molecule has 0 spiro atoms. The molecule has 0 aliphatic carbocycles. The second-order valence-electron chi connectivity index (χ2n) is 8.23. The molecule has 1 saturated heterocycles. The highest BCUT2D eigenvalue weighted by molar-refractivity contribution is 6.07. The monoisotopic (exact) mass is 447 g/mol. The first-order chi connectivity index (χ1) is 15.9. The van der Waals surface area contributed by atoms with E-state index in [1.165, 1.54) is 24.3 Å². The molecule has 33 heavy (non-hydrogen) atoms. The Bertz CT molecular complexity index is 1170. The van der Waals surface area contributed by atoms with Gasteiger partial charge in [-0.1, -0.05) is 36.4 Å². The summed E-state index contributed by atoms with van der Waals surface area (Å²) in [5.41, 5.74) is 1.05. The topological polar surface area (TPSA) is 113 Å². The molecule has 2 N–H and O–H groups in total. The summed E-state index contributed by atoms with van der Waals surface area (Å²) < 4.78 is 0. The largest absolute Gasteiger partial charge is 0.387 e. The second kappa shape index (κ2) is 9.79. The van der Waals surface area contributed by atoms with Crippen LogP contribution >= 0.6 is 0 Å². The molecule has 170 valence electrons. The number of nitrogens with one attached hydrogen (secondary N) is 1. The Hall–Kier alpha value is -3.78. The first-order valence-corrected chi connectivity index (χ1v) is 10.9. The van der Waals surface area contributed by atoms with Gasteiger partial charge in [-0.2, -0.15) is 0 Å². The first-order valence-electron chi connectivity index (χ1n) is 10.9. The van der Waals surface area contributed by atoms with Crippen LogP contribution in [0.15, 0.2) is 66.7 Å². The average Bonchev–Trinajstić information content (AvgIpc) is 2.86. The minimum Gasteiger partial charge on any atom is -0.387 e. The van der Waals surface area contributed by atoms with Gasteiger partial charge >= 0.3 is 0 Å². The van der Waals surface area contributed by atoms with Crippen LogP contribution in [0.3, 0.4) is 0 Å². The van der Waals surface area contributed by atoms with Crippen LogP contribution in [0.1, 0.15) is 34.9 Å². The van der Waals surface area contributed by atoms with E-state index in [1.54, 1.807) is 4.90 Å². The van der Waals surface area contributed by atoms with Gasteiger partial charge in [0.2, 0.25) is 5.91 Å². The van der Waals surface area contributed by atoms with Crippen molar-refractivity contribution in [3.63, 3.8) is 0 Å². The number of non-ortho nitro benzene ring substituents is 1. The van der Waals surface area contributed by atoms with Crippen molar-refractivity contribution in [1.82, 2.24) is 10.2 Å². The quantitative estimate of drug-likeness (QED) is 0.444. The van der Waals surface area contributed by atoms with Gasteiger partial charge in [-0.25, -0.2) is 0 Å². The SMILES string of the molecule is O=C(NC[C@H](O)c1ccc([N+](=O)[O-])cc1)[C@@H]1CCCN(C(=O)c2cccc3ccccc23)C1. The Morgan fingerprint density at radius 3 is 2.58 bits per heavy atom. The number of likely N-dealkylation sites (tertiary alicyclic amines) is 1. The lowest BCUT2D eigenvalue weighted by Gasteiger charge is -2.32. The number of nitrogens with zero attached hydrogens (tertiary/aromatic N) is 2. The summed E-state index contributed by atoms with van der Waals surface area (Å²) in [4.78, 5) is 37.9. The molecule has 1 fully saturated rings. The Morgan fingerprint density at radius 2 is 1.82 bits per heavy atom. The number of aliphatic hydroxyl groups excluding tert-OH is 1. The lowest BCUT2D eigenvalue weighted by molar-refractivity contribution is -0.384. The molecule has 1 aliphatic rings. The number of piperidine rings is 1. The standard InChI is InChI=1S/C25H25N3O5/c29-23(18-10-12-20(13-11-18)28(32)33)15-26-24(30)19-7-4-14-27(16-19)25(31)22-9-3-6-17-5-1-2-8-21(17)22/h1-3,5-6,8-13,19,23,29H,4,7,14-16H2,(H,26,30)/t19-,23+/m1/s1. The van der Waals surface area contributed by atoms with E-state index in [1.807, 2.05) is 42.5 Å². The number of rotatable bonds is 6. The molecule has 4 rings (SSSR count). The number of aliphatic hydroxyl groups is 1. The Kier molecular flexibility index (Phi) is 6.65. The molecule has 0 unspecified atom stereocenters. The van der Waals surface area contributed by atoms with Crippen molar-refractivity contribution in [3.8, 4) is 0 Å². The summed E-state index contributed by atoms with van der Waals surface area (Å²) in [6.45, 7) is 0.906. The van der Waals surface area contributed by atoms with Crippen LogP contribution < -0.4 is 5.32 Å². The lowest BCUT2D eigenvalue weighted by atomic mass is 9.95. The zero-order valence-corrected chi connectivity index (χ0v) is 18.0. The third-order valence-electron chi connectivity index (χ3n) is 6.06. The van der Waals surface area contributed by atoms with Crippen LogP contribution in [0, 0.1) is 16.0 Å². The summed E-state index contributed by atoms with van der Waals surface area (Å²) in [6.07, 6.45) is 0.407. The van der Waals surface area contributed by atoms with E-state index in [4.69, 9.17) is 0 Å². The molecule has 0 aromatic heterocycles. The normalized spacial score (nSPS) is 16.9.